The second kappa shape index (κ2) is 10.5. The van der Waals surface area contributed by atoms with Crippen molar-refractivity contribution in [2.75, 3.05) is 10.6 Å². The van der Waals surface area contributed by atoms with Gasteiger partial charge in [-0.25, -0.2) is 0 Å². The molecule has 8 heteroatoms. The molecule has 0 unspecified atom stereocenters. The van der Waals surface area contributed by atoms with Crippen LogP contribution in [0.3, 0.4) is 0 Å². The van der Waals surface area contributed by atoms with Crippen LogP contribution in [0.2, 0.25) is 0 Å². The van der Waals surface area contributed by atoms with E-state index in [2.05, 4.69) is 16.0 Å². The first-order chi connectivity index (χ1) is 16.1. The van der Waals surface area contributed by atoms with Gasteiger partial charge in [0.05, 0.1) is 4.88 Å². The monoisotopic (exact) mass is 473 g/mol. The Labute approximate surface area is 200 Å². The van der Waals surface area contributed by atoms with E-state index in [0.29, 0.717) is 22.0 Å². The van der Waals surface area contributed by atoms with E-state index in [-0.39, 0.29) is 11.0 Å². The average Bonchev–Trinajstić information content (AvgIpc) is 3.51. The minimum Gasteiger partial charge on any atom is -0.457 e. The van der Waals surface area contributed by atoms with Crippen molar-refractivity contribution in [3.8, 4) is 11.3 Å². The van der Waals surface area contributed by atoms with Crippen LogP contribution in [0.15, 0.2) is 94.7 Å². The summed E-state index contributed by atoms with van der Waals surface area (Å²) in [6, 6.07) is 24.0. The van der Waals surface area contributed by atoms with Crippen molar-refractivity contribution >= 4 is 57.9 Å². The smallest absolute Gasteiger partial charge is 0.265 e. The lowest BCUT2D eigenvalue weighted by molar-refractivity contribution is -0.115. The van der Waals surface area contributed by atoms with Crippen LogP contribution in [0.5, 0.6) is 0 Å². The number of carbonyl (C=O) groups excluding carboxylic acids is 2. The lowest BCUT2D eigenvalue weighted by Gasteiger charge is -2.10. The molecule has 0 aliphatic carbocycles. The first kappa shape index (κ1) is 22.2. The van der Waals surface area contributed by atoms with Gasteiger partial charge in [-0.15, -0.1) is 11.3 Å². The van der Waals surface area contributed by atoms with Gasteiger partial charge in [-0.1, -0.05) is 42.5 Å². The molecule has 0 aliphatic rings. The van der Waals surface area contributed by atoms with E-state index in [4.69, 9.17) is 16.6 Å². The fourth-order valence-corrected chi connectivity index (χ4v) is 3.79. The maximum atomic E-state index is 12.2. The SMILES string of the molecule is O=C(/C=C/c1ccc(-c2ccccc2)o1)NC(=S)Nc1cccc(NC(=O)c2cccs2)c1. The highest BCUT2D eigenvalue weighted by atomic mass is 32.1. The summed E-state index contributed by atoms with van der Waals surface area (Å²) in [4.78, 5) is 25.0. The van der Waals surface area contributed by atoms with Gasteiger partial charge in [0.15, 0.2) is 5.11 Å². The van der Waals surface area contributed by atoms with Crippen LogP contribution < -0.4 is 16.0 Å². The van der Waals surface area contributed by atoms with Gasteiger partial charge in [-0.05, 0) is 60.1 Å². The van der Waals surface area contributed by atoms with Gasteiger partial charge < -0.3 is 15.1 Å². The fraction of sp³-hybridized carbons (Fsp3) is 0. The van der Waals surface area contributed by atoms with E-state index in [1.807, 2.05) is 47.8 Å². The number of rotatable bonds is 6. The standard InChI is InChI=1S/C25H19N3O3S2/c29-23(14-12-20-11-13-21(31-20)17-6-2-1-3-7-17)28-25(32)27-19-9-4-8-18(16-19)26-24(30)22-10-5-15-33-22/h1-16H,(H,26,30)(H2,27,28,29,32)/b14-12+. The number of benzene rings is 2. The molecule has 4 rings (SSSR count). The molecule has 164 valence electrons. The Morgan fingerprint density at radius 2 is 1.67 bits per heavy atom. The minimum absolute atomic E-state index is 0.135. The summed E-state index contributed by atoms with van der Waals surface area (Å²) < 4.78 is 5.74. The lowest BCUT2D eigenvalue weighted by atomic mass is 10.2. The molecule has 0 saturated heterocycles. The summed E-state index contributed by atoms with van der Waals surface area (Å²) in [7, 11) is 0. The van der Waals surface area contributed by atoms with E-state index < -0.39 is 5.91 Å². The van der Waals surface area contributed by atoms with Gasteiger partial charge in [0.1, 0.15) is 11.5 Å². The predicted molar refractivity (Wildman–Crippen MR) is 136 cm³/mol. The van der Waals surface area contributed by atoms with Gasteiger partial charge in [0.2, 0.25) is 5.91 Å². The van der Waals surface area contributed by atoms with E-state index >= 15 is 0 Å². The second-order valence-electron chi connectivity index (χ2n) is 6.86. The molecule has 3 N–H and O–H groups in total. The number of hydrogen-bond donors (Lipinski definition) is 3. The van der Waals surface area contributed by atoms with Crippen molar-refractivity contribution in [3.63, 3.8) is 0 Å². The number of amides is 2. The third-order valence-electron chi connectivity index (χ3n) is 4.44. The Morgan fingerprint density at radius 1 is 0.879 bits per heavy atom. The molecular weight excluding hydrogens is 454 g/mol. The maximum Gasteiger partial charge on any atom is 0.265 e. The van der Waals surface area contributed by atoms with Crippen molar-refractivity contribution in [1.82, 2.24) is 5.32 Å². The summed E-state index contributed by atoms with van der Waals surface area (Å²) in [5, 5.41) is 10.3. The van der Waals surface area contributed by atoms with Crippen LogP contribution in [0.4, 0.5) is 11.4 Å². The molecule has 6 nitrogen and oxygen atoms in total. The highest BCUT2D eigenvalue weighted by Crippen LogP contribution is 2.22. The van der Waals surface area contributed by atoms with Crippen molar-refractivity contribution in [2.45, 2.75) is 0 Å². The molecule has 2 amide bonds. The number of thiophene rings is 1. The zero-order valence-electron chi connectivity index (χ0n) is 17.3. The molecule has 2 heterocycles. The van der Waals surface area contributed by atoms with Crippen LogP contribution in [0, 0.1) is 0 Å². The van der Waals surface area contributed by atoms with Crippen LogP contribution in [0.1, 0.15) is 15.4 Å². The van der Waals surface area contributed by atoms with Gasteiger partial charge in [0, 0.05) is 23.0 Å². The molecule has 33 heavy (non-hydrogen) atoms. The Balaban J connectivity index is 1.30. The fourth-order valence-electron chi connectivity index (χ4n) is 2.95. The first-order valence-corrected chi connectivity index (χ1v) is 11.3. The van der Waals surface area contributed by atoms with Crippen LogP contribution in [-0.4, -0.2) is 16.9 Å². The molecule has 4 aromatic rings. The van der Waals surface area contributed by atoms with Crippen molar-refractivity contribution in [2.24, 2.45) is 0 Å². The number of anilines is 2. The summed E-state index contributed by atoms with van der Waals surface area (Å²) in [6.45, 7) is 0. The number of thiocarbonyl (C=S) groups is 1. The third kappa shape index (κ3) is 6.25. The second-order valence-corrected chi connectivity index (χ2v) is 8.21. The number of nitrogens with one attached hydrogen (secondary N) is 3. The molecule has 2 aromatic heterocycles. The van der Waals surface area contributed by atoms with E-state index in [1.54, 1.807) is 42.5 Å². The molecule has 0 aliphatic heterocycles. The highest BCUT2D eigenvalue weighted by molar-refractivity contribution is 7.80. The van der Waals surface area contributed by atoms with Crippen molar-refractivity contribution in [1.29, 1.82) is 0 Å². The molecule has 0 spiro atoms. The van der Waals surface area contributed by atoms with E-state index in [0.717, 1.165) is 11.3 Å². The van der Waals surface area contributed by atoms with Crippen LogP contribution in [-0.2, 0) is 4.79 Å². The molecule has 2 aromatic carbocycles. The zero-order chi connectivity index (χ0) is 23.0. The number of carbonyl (C=O) groups is 2. The van der Waals surface area contributed by atoms with Crippen LogP contribution >= 0.6 is 23.6 Å². The first-order valence-electron chi connectivity index (χ1n) is 9.97. The summed E-state index contributed by atoms with van der Waals surface area (Å²) >= 11 is 6.59. The third-order valence-corrected chi connectivity index (χ3v) is 5.52. The van der Waals surface area contributed by atoms with E-state index in [9.17, 15) is 9.59 Å². The summed E-state index contributed by atoms with van der Waals surface area (Å²) in [5.41, 5.74) is 2.20. The summed E-state index contributed by atoms with van der Waals surface area (Å²) in [5.74, 6) is 0.694. The topological polar surface area (TPSA) is 83.4 Å². The van der Waals surface area contributed by atoms with Gasteiger partial charge in [-0.3, -0.25) is 14.9 Å². The number of hydrogen-bond acceptors (Lipinski definition) is 5. The van der Waals surface area contributed by atoms with E-state index in [1.165, 1.54) is 17.4 Å². The highest BCUT2D eigenvalue weighted by Gasteiger charge is 2.08. The molecule has 0 saturated carbocycles. The van der Waals surface area contributed by atoms with Crippen molar-refractivity contribution < 1.29 is 14.0 Å². The zero-order valence-corrected chi connectivity index (χ0v) is 18.9. The normalized spacial score (nSPS) is 10.7. The molecule has 0 bridgehead atoms. The average molecular weight is 474 g/mol. The predicted octanol–water partition coefficient (Wildman–Crippen LogP) is 5.79. The van der Waals surface area contributed by atoms with Crippen molar-refractivity contribution in [3.05, 3.63) is 101 Å². The van der Waals surface area contributed by atoms with Gasteiger partial charge in [-0.2, -0.15) is 0 Å². The molecule has 0 fully saturated rings. The minimum atomic E-state index is -0.396. The Hall–Kier alpha value is -4.01. The molecule has 0 atom stereocenters. The van der Waals surface area contributed by atoms with Crippen LogP contribution in [0.25, 0.3) is 17.4 Å². The Kier molecular flexibility index (Phi) is 7.09. The van der Waals surface area contributed by atoms with Gasteiger partial charge in [0.25, 0.3) is 5.91 Å². The van der Waals surface area contributed by atoms with Gasteiger partial charge >= 0.3 is 0 Å². The number of furan rings is 1. The maximum absolute atomic E-state index is 12.2. The lowest BCUT2D eigenvalue weighted by Crippen LogP contribution is -2.32. The molecular formula is C25H19N3O3S2. The molecule has 0 radical (unpaired) electrons. The largest absolute Gasteiger partial charge is 0.457 e. The quantitative estimate of drug-likeness (QED) is 0.244. The summed E-state index contributed by atoms with van der Waals surface area (Å²) in [6.07, 6.45) is 2.92. The Bertz CT molecular complexity index is 1300. The Morgan fingerprint density at radius 3 is 2.42 bits per heavy atom.